The van der Waals surface area contributed by atoms with E-state index in [1.165, 1.54) is 0 Å². The van der Waals surface area contributed by atoms with Crippen LogP contribution in [0.1, 0.15) is 28.8 Å². The molecule has 0 atom stereocenters. The minimum Gasteiger partial charge on any atom is -0.393 e. The molecule has 3 aromatic rings. The molecule has 0 saturated carbocycles. The number of nitrogens with one attached hydrogen (secondary N) is 2. The van der Waals surface area contributed by atoms with E-state index in [-0.39, 0.29) is 24.3 Å². The Morgan fingerprint density at radius 3 is 2.71 bits per heavy atom. The van der Waals surface area contributed by atoms with Gasteiger partial charge in [-0.3, -0.25) is 9.59 Å². The minimum atomic E-state index is -0.320. The largest absolute Gasteiger partial charge is 0.393 e. The van der Waals surface area contributed by atoms with Crippen molar-refractivity contribution in [1.29, 1.82) is 0 Å². The monoisotopic (exact) mass is 377 g/mol. The summed E-state index contributed by atoms with van der Waals surface area (Å²) in [6, 6.07) is 14.9. The van der Waals surface area contributed by atoms with Crippen LogP contribution in [0.15, 0.2) is 54.7 Å². The van der Waals surface area contributed by atoms with Gasteiger partial charge in [-0.15, -0.1) is 0 Å². The summed E-state index contributed by atoms with van der Waals surface area (Å²) < 4.78 is 0. The lowest BCUT2D eigenvalue weighted by Crippen LogP contribution is -2.40. The lowest BCUT2D eigenvalue weighted by Gasteiger charge is -2.29. The molecule has 3 N–H and O–H groups in total. The molecule has 28 heavy (non-hydrogen) atoms. The lowest BCUT2D eigenvalue weighted by atomic mass is 10.1. The standard InChI is InChI=1S/C22H23N3O3/c26-18-8-10-25(11-9-18)22(28)15-4-3-5-17(12-15)24-21(27)13-16-14-23-20-7-2-1-6-19(16)20/h1-7,12,14,18,23,26H,8-11,13H2,(H,24,27). The number of piperidine rings is 1. The Labute approximate surface area is 163 Å². The van der Waals surface area contributed by atoms with E-state index in [2.05, 4.69) is 10.3 Å². The highest BCUT2D eigenvalue weighted by atomic mass is 16.3. The molecular weight excluding hydrogens is 354 g/mol. The Hall–Kier alpha value is -3.12. The van der Waals surface area contributed by atoms with Gasteiger partial charge in [0.05, 0.1) is 12.5 Å². The number of aliphatic hydroxyl groups is 1. The van der Waals surface area contributed by atoms with E-state index in [0.717, 1.165) is 16.5 Å². The SMILES string of the molecule is O=C(Cc1c[nH]c2ccccc12)Nc1cccc(C(=O)N2CCC(O)CC2)c1. The molecule has 0 bridgehead atoms. The van der Waals surface area contributed by atoms with Crippen LogP contribution >= 0.6 is 0 Å². The average molecular weight is 377 g/mol. The third-order valence-corrected chi connectivity index (χ3v) is 5.17. The summed E-state index contributed by atoms with van der Waals surface area (Å²) in [5.41, 5.74) is 3.09. The van der Waals surface area contributed by atoms with Crippen LogP contribution in [0.2, 0.25) is 0 Å². The number of carbonyl (C=O) groups is 2. The first-order valence-electron chi connectivity index (χ1n) is 9.52. The van der Waals surface area contributed by atoms with Crippen LogP contribution in [-0.2, 0) is 11.2 Å². The van der Waals surface area contributed by atoms with Crippen molar-refractivity contribution in [2.45, 2.75) is 25.4 Å². The third kappa shape index (κ3) is 3.92. The van der Waals surface area contributed by atoms with Gasteiger partial charge in [0.2, 0.25) is 5.91 Å². The van der Waals surface area contributed by atoms with Crippen molar-refractivity contribution >= 4 is 28.4 Å². The zero-order valence-electron chi connectivity index (χ0n) is 15.5. The van der Waals surface area contributed by atoms with Gasteiger partial charge in [0.1, 0.15) is 0 Å². The van der Waals surface area contributed by atoms with Crippen LogP contribution in [0.5, 0.6) is 0 Å². The normalized spacial score (nSPS) is 15.0. The predicted molar refractivity (Wildman–Crippen MR) is 108 cm³/mol. The van der Waals surface area contributed by atoms with Gasteiger partial charge in [-0.2, -0.15) is 0 Å². The average Bonchev–Trinajstić information content (AvgIpc) is 3.11. The molecule has 1 aliphatic rings. The minimum absolute atomic E-state index is 0.0698. The first-order valence-corrected chi connectivity index (χ1v) is 9.52. The van der Waals surface area contributed by atoms with Gasteiger partial charge in [0.25, 0.3) is 5.91 Å². The van der Waals surface area contributed by atoms with E-state index in [9.17, 15) is 14.7 Å². The van der Waals surface area contributed by atoms with Crippen molar-refractivity contribution in [2.75, 3.05) is 18.4 Å². The zero-order valence-corrected chi connectivity index (χ0v) is 15.5. The summed E-state index contributed by atoms with van der Waals surface area (Å²) in [4.78, 5) is 30.1. The van der Waals surface area contributed by atoms with Crippen LogP contribution in [0.4, 0.5) is 5.69 Å². The highest BCUT2D eigenvalue weighted by Gasteiger charge is 2.22. The number of aliphatic hydroxyl groups excluding tert-OH is 1. The molecule has 1 fully saturated rings. The third-order valence-electron chi connectivity index (χ3n) is 5.17. The number of aromatic nitrogens is 1. The lowest BCUT2D eigenvalue weighted by molar-refractivity contribution is -0.115. The summed E-state index contributed by atoms with van der Waals surface area (Å²) in [7, 11) is 0. The number of carbonyl (C=O) groups excluding carboxylic acids is 2. The number of hydrogen-bond acceptors (Lipinski definition) is 3. The molecule has 1 aliphatic heterocycles. The van der Waals surface area contributed by atoms with Gasteiger partial charge < -0.3 is 20.3 Å². The molecule has 0 radical (unpaired) electrons. The predicted octanol–water partition coefficient (Wildman–Crippen LogP) is 2.95. The molecule has 1 aromatic heterocycles. The van der Waals surface area contributed by atoms with Crippen molar-refractivity contribution in [1.82, 2.24) is 9.88 Å². The topological polar surface area (TPSA) is 85.4 Å². The fourth-order valence-corrected chi connectivity index (χ4v) is 3.64. The number of anilines is 1. The van der Waals surface area contributed by atoms with Crippen molar-refractivity contribution in [3.63, 3.8) is 0 Å². The fraction of sp³-hybridized carbons (Fsp3) is 0.273. The summed E-state index contributed by atoms with van der Waals surface area (Å²) in [6.07, 6.45) is 3.00. The second kappa shape index (κ2) is 7.86. The van der Waals surface area contributed by atoms with Crippen LogP contribution in [0.3, 0.4) is 0 Å². The molecule has 2 aromatic carbocycles. The number of para-hydroxylation sites is 1. The Kier molecular flexibility index (Phi) is 5.12. The van der Waals surface area contributed by atoms with Crippen LogP contribution in [0, 0.1) is 0 Å². The van der Waals surface area contributed by atoms with Crippen molar-refractivity contribution in [3.05, 3.63) is 65.9 Å². The van der Waals surface area contributed by atoms with E-state index in [1.54, 1.807) is 29.2 Å². The zero-order chi connectivity index (χ0) is 19.5. The summed E-state index contributed by atoms with van der Waals surface area (Å²) in [5, 5.41) is 13.5. The first kappa shape index (κ1) is 18.3. The van der Waals surface area contributed by atoms with Crippen LogP contribution < -0.4 is 5.32 Å². The van der Waals surface area contributed by atoms with Crippen molar-refractivity contribution < 1.29 is 14.7 Å². The molecule has 0 aliphatic carbocycles. The van der Waals surface area contributed by atoms with Crippen molar-refractivity contribution in [2.24, 2.45) is 0 Å². The molecule has 4 rings (SSSR count). The van der Waals surface area contributed by atoms with E-state index in [0.29, 0.717) is 37.2 Å². The quantitative estimate of drug-likeness (QED) is 0.653. The number of H-pyrrole nitrogens is 1. The number of hydrogen-bond donors (Lipinski definition) is 3. The Bertz CT molecular complexity index is 1000. The Morgan fingerprint density at radius 1 is 1.11 bits per heavy atom. The first-order chi connectivity index (χ1) is 13.6. The van der Waals surface area contributed by atoms with E-state index >= 15 is 0 Å². The van der Waals surface area contributed by atoms with Gasteiger partial charge in [-0.25, -0.2) is 0 Å². The molecule has 0 spiro atoms. The summed E-state index contributed by atoms with van der Waals surface area (Å²) in [6.45, 7) is 1.11. The second-order valence-electron chi connectivity index (χ2n) is 7.19. The molecule has 0 unspecified atom stereocenters. The number of fused-ring (bicyclic) bond motifs is 1. The van der Waals surface area contributed by atoms with Gasteiger partial charge >= 0.3 is 0 Å². The maximum absolute atomic E-state index is 12.7. The Morgan fingerprint density at radius 2 is 1.89 bits per heavy atom. The smallest absolute Gasteiger partial charge is 0.253 e. The number of benzene rings is 2. The molecule has 2 amide bonds. The highest BCUT2D eigenvalue weighted by Crippen LogP contribution is 2.20. The number of likely N-dealkylation sites (tertiary alicyclic amines) is 1. The molecule has 6 nitrogen and oxygen atoms in total. The maximum Gasteiger partial charge on any atom is 0.253 e. The second-order valence-corrected chi connectivity index (χ2v) is 7.19. The van der Waals surface area contributed by atoms with Crippen LogP contribution in [0.25, 0.3) is 10.9 Å². The number of amides is 2. The number of aromatic amines is 1. The van der Waals surface area contributed by atoms with Gasteiger partial charge in [-0.05, 0) is 42.7 Å². The summed E-state index contributed by atoms with van der Waals surface area (Å²) >= 11 is 0. The van der Waals surface area contributed by atoms with Crippen molar-refractivity contribution in [3.8, 4) is 0 Å². The van der Waals surface area contributed by atoms with E-state index < -0.39 is 0 Å². The molecule has 6 heteroatoms. The Balaban J connectivity index is 1.43. The van der Waals surface area contributed by atoms with Gasteiger partial charge in [0.15, 0.2) is 0 Å². The molecule has 1 saturated heterocycles. The molecular formula is C22H23N3O3. The van der Waals surface area contributed by atoms with E-state index in [4.69, 9.17) is 0 Å². The maximum atomic E-state index is 12.7. The van der Waals surface area contributed by atoms with Crippen LogP contribution in [-0.4, -0.2) is 46.0 Å². The molecule has 2 heterocycles. The fourth-order valence-electron chi connectivity index (χ4n) is 3.64. The summed E-state index contributed by atoms with van der Waals surface area (Å²) in [5.74, 6) is -0.199. The van der Waals surface area contributed by atoms with E-state index in [1.807, 2.05) is 30.5 Å². The highest BCUT2D eigenvalue weighted by molar-refractivity contribution is 5.98. The van der Waals surface area contributed by atoms with Gasteiger partial charge in [0, 0.05) is 41.4 Å². The number of nitrogens with zero attached hydrogens (tertiary/aromatic N) is 1. The molecule has 144 valence electrons. The number of rotatable bonds is 4. The van der Waals surface area contributed by atoms with Gasteiger partial charge in [-0.1, -0.05) is 24.3 Å².